The second-order valence-electron chi connectivity index (χ2n) is 7.30. The fraction of sp³-hybridized carbons (Fsp3) is 0.500. The number of carbonyl (C=O) groups excluding carboxylic acids is 3. The second-order valence-corrected chi connectivity index (χ2v) is 7.30. The normalized spacial score (nSPS) is 28.9. The number of likely N-dealkylation sites (tertiary alicyclic amines) is 2. The number of nitrogens with zero attached hydrogens (tertiary/aromatic N) is 3. The minimum Gasteiger partial charge on any atom is -0.324 e. The summed E-state index contributed by atoms with van der Waals surface area (Å²) in [7, 11) is 1.50. The van der Waals surface area contributed by atoms with Crippen molar-refractivity contribution in [2.24, 2.45) is 11.8 Å². The molecular weight excluding hydrogens is 334 g/mol. The van der Waals surface area contributed by atoms with E-state index in [0.29, 0.717) is 31.3 Å². The van der Waals surface area contributed by atoms with E-state index in [1.165, 1.54) is 7.05 Å². The highest BCUT2D eigenvalue weighted by Gasteiger charge is 2.45. The van der Waals surface area contributed by atoms with E-state index >= 15 is 0 Å². The predicted molar refractivity (Wildman–Crippen MR) is 95.3 cm³/mol. The number of hydrogen-bond acceptors (Lipinski definition) is 4. The summed E-state index contributed by atoms with van der Waals surface area (Å²) in [5, 5.41) is 5.82. The van der Waals surface area contributed by atoms with Crippen LogP contribution in [-0.4, -0.2) is 72.1 Å². The molecule has 0 aromatic heterocycles. The number of urea groups is 2. The topological polar surface area (TPSA) is 85.0 Å². The van der Waals surface area contributed by atoms with Crippen LogP contribution >= 0.6 is 0 Å². The summed E-state index contributed by atoms with van der Waals surface area (Å²) in [6.45, 7) is 2.99. The largest absolute Gasteiger partial charge is 0.325 e. The van der Waals surface area contributed by atoms with Gasteiger partial charge in [0.2, 0.25) is 5.91 Å². The molecule has 26 heavy (non-hydrogen) atoms. The number of nitrogens with one attached hydrogen (secondary N) is 2. The van der Waals surface area contributed by atoms with Gasteiger partial charge in [-0.25, -0.2) is 9.59 Å². The molecule has 8 nitrogen and oxygen atoms in total. The van der Waals surface area contributed by atoms with Gasteiger partial charge in [0.25, 0.3) is 0 Å². The molecule has 0 bridgehead atoms. The van der Waals surface area contributed by atoms with Crippen LogP contribution in [-0.2, 0) is 4.79 Å². The Bertz CT molecular complexity index is 693. The maximum atomic E-state index is 12.4. The van der Waals surface area contributed by atoms with E-state index in [0.717, 1.165) is 23.7 Å². The maximum Gasteiger partial charge on any atom is 0.325 e. The van der Waals surface area contributed by atoms with Crippen molar-refractivity contribution in [2.45, 2.75) is 12.6 Å². The molecule has 0 spiro atoms. The smallest absolute Gasteiger partial charge is 0.324 e. The lowest BCUT2D eigenvalue weighted by atomic mass is 10.0. The first kappa shape index (κ1) is 16.8. The van der Waals surface area contributed by atoms with Crippen LogP contribution in [0.4, 0.5) is 15.3 Å². The molecule has 1 aromatic rings. The van der Waals surface area contributed by atoms with E-state index in [9.17, 15) is 14.4 Å². The van der Waals surface area contributed by atoms with Crippen LogP contribution in [0.25, 0.3) is 0 Å². The third-order valence-corrected chi connectivity index (χ3v) is 5.60. The van der Waals surface area contributed by atoms with Crippen LogP contribution in [0.3, 0.4) is 0 Å². The van der Waals surface area contributed by atoms with Gasteiger partial charge in [-0.3, -0.25) is 14.6 Å². The molecule has 3 heterocycles. The van der Waals surface area contributed by atoms with E-state index in [1.807, 2.05) is 35.2 Å². The highest BCUT2D eigenvalue weighted by molar-refractivity contribution is 5.96. The van der Waals surface area contributed by atoms with Crippen molar-refractivity contribution in [3.8, 4) is 0 Å². The number of para-hydroxylation sites is 1. The Morgan fingerprint density at radius 1 is 1.08 bits per heavy atom. The molecule has 5 amide bonds. The minimum absolute atomic E-state index is 0.0695. The standard InChI is InChI=1S/C18H23N5O3/c1-21-16(24)7-15(20-17(21)25)22-8-12-10-23(11-13(12)9-22)18(26)19-14-5-3-2-4-6-14/h2-6,12-13,15H,7-11H2,1H3,(H,19,26)(H,20,25). The van der Waals surface area contributed by atoms with Crippen molar-refractivity contribution in [1.82, 2.24) is 20.0 Å². The Kier molecular flexibility index (Phi) is 4.28. The zero-order valence-electron chi connectivity index (χ0n) is 14.7. The van der Waals surface area contributed by atoms with Gasteiger partial charge in [0.05, 0.1) is 12.6 Å². The number of imide groups is 1. The van der Waals surface area contributed by atoms with Gasteiger partial charge in [-0.15, -0.1) is 0 Å². The van der Waals surface area contributed by atoms with E-state index < -0.39 is 0 Å². The molecule has 3 saturated heterocycles. The summed E-state index contributed by atoms with van der Waals surface area (Å²) < 4.78 is 0. The van der Waals surface area contributed by atoms with E-state index in [1.54, 1.807) is 0 Å². The molecular formula is C18H23N5O3. The monoisotopic (exact) mass is 357 g/mol. The van der Waals surface area contributed by atoms with Gasteiger partial charge in [0.1, 0.15) is 0 Å². The van der Waals surface area contributed by atoms with E-state index in [-0.39, 0.29) is 24.1 Å². The first-order valence-corrected chi connectivity index (χ1v) is 8.93. The van der Waals surface area contributed by atoms with Crippen LogP contribution < -0.4 is 10.6 Å². The zero-order chi connectivity index (χ0) is 18.3. The average Bonchev–Trinajstić information content (AvgIpc) is 3.19. The number of hydrogen-bond donors (Lipinski definition) is 2. The molecule has 3 unspecified atom stereocenters. The van der Waals surface area contributed by atoms with Crippen molar-refractivity contribution >= 4 is 23.7 Å². The summed E-state index contributed by atoms with van der Waals surface area (Å²) in [5.41, 5.74) is 0.795. The Labute approximate surface area is 152 Å². The predicted octanol–water partition coefficient (Wildman–Crippen LogP) is 0.980. The molecule has 3 fully saturated rings. The lowest BCUT2D eigenvalue weighted by Crippen LogP contribution is -2.59. The molecule has 4 rings (SSSR count). The van der Waals surface area contributed by atoms with Crippen LogP contribution in [0.15, 0.2) is 30.3 Å². The zero-order valence-corrected chi connectivity index (χ0v) is 14.7. The SMILES string of the molecule is CN1C(=O)CC(N2CC3CN(C(=O)Nc4ccccc4)CC3C2)NC1=O. The third-order valence-electron chi connectivity index (χ3n) is 5.60. The van der Waals surface area contributed by atoms with E-state index in [4.69, 9.17) is 0 Å². The summed E-state index contributed by atoms with van der Waals surface area (Å²) in [4.78, 5) is 41.4. The summed E-state index contributed by atoms with van der Waals surface area (Å²) in [6, 6.07) is 9.03. The van der Waals surface area contributed by atoms with Gasteiger partial charge < -0.3 is 15.5 Å². The van der Waals surface area contributed by atoms with E-state index in [2.05, 4.69) is 15.5 Å². The molecule has 2 N–H and O–H groups in total. The molecule has 3 atom stereocenters. The quantitative estimate of drug-likeness (QED) is 0.826. The fourth-order valence-corrected chi connectivity index (χ4v) is 4.10. The number of benzene rings is 1. The summed E-state index contributed by atoms with van der Waals surface area (Å²) in [6.07, 6.45) is 0.0725. The molecule has 3 aliphatic rings. The van der Waals surface area contributed by atoms with Crippen LogP contribution in [0.5, 0.6) is 0 Å². The molecule has 1 aromatic carbocycles. The number of fused-ring (bicyclic) bond motifs is 1. The second kappa shape index (κ2) is 6.60. The lowest BCUT2D eigenvalue weighted by Gasteiger charge is -2.35. The molecule has 3 aliphatic heterocycles. The minimum atomic E-state index is -0.341. The average molecular weight is 357 g/mol. The highest BCUT2D eigenvalue weighted by Crippen LogP contribution is 2.33. The van der Waals surface area contributed by atoms with Crippen molar-refractivity contribution in [3.63, 3.8) is 0 Å². The highest BCUT2D eigenvalue weighted by atomic mass is 16.2. The van der Waals surface area contributed by atoms with Crippen molar-refractivity contribution in [2.75, 3.05) is 38.5 Å². The molecule has 0 radical (unpaired) electrons. The Balaban J connectivity index is 1.32. The first-order chi connectivity index (χ1) is 12.5. The van der Waals surface area contributed by atoms with Gasteiger partial charge in [-0.2, -0.15) is 0 Å². The molecule has 138 valence electrons. The van der Waals surface area contributed by atoms with Crippen molar-refractivity contribution in [3.05, 3.63) is 30.3 Å². The van der Waals surface area contributed by atoms with Gasteiger partial charge in [0.15, 0.2) is 0 Å². The van der Waals surface area contributed by atoms with Gasteiger partial charge in [-0.05, 0) is 24.0 Å². The van der Waals surface area contributed by atoms with Crippen LogP contribution in [0.2, 0.25) is 0 Å². The number of carbonyl (C=O) groups is 3. The van der Waals surface area contributed by atoms with Gasteiger partial charge >= 0.3 is 12.1 Å². The molecule has 0 aliphatic carbocycles. The Hall–Kier alpha value is -2.61. The molecule has 0 saturated carbocycles. The number of amides is 5. The maximum absolute atomic E-state index is 12.4. The van der Waals surface area contributed by atoms with Crippen LogP contribution in [0, 0.1) is 11.8 Å². The Morgan fingerprint density at radius 3 is 2.35 bits per heavy atom. The number of anilines is 1. The van der Waals surface area contributed by atoms with Crippen LogP contribution in [0.1, 0.15) is 6.42 Å². The third kappa shape index (κ3) is 3.12. The van der Waals surface area contributed by atoms with Crippen molar-refractivity contribution in [1.29, 1.82) is 0 Å². The fourth-order valence-electron chi connectivity index (χ4n) is 4.10. The van der Waals surface area contributed by atoms with Gasteiger partial charge in [-0.1, -0.05) is 18.2 Å². The summed E-state index contributed by atoms with van der Waals surface area (Å²) >= 11 is 0. The summed E-state index contributed by atoms with van der Waals surface area (Å²) in [5.74, 6) is 0.603. The van der Waals surface area contributed by atoms with Crippen molar-refractivity contribution < 1.29 is 14.4 Å². The first-order valence-electron chi connectivity index (χ1n) is 8.93. The van der Waals surface area contributed by atoms with Gasteiger partial charge in [0, 0.05) is 38.9 Å². The Morgan fingerprint density at radius 2 is 1.73 bits per heavy atom. The number of rotatable bonds is 2. The molecule has 8 heteroatoms. The lowest BCUT2D eigenvalue weighted by molar-refractivity contribution is -0.130.